The van der Waals surface area contributed by atoms with E-state index in [1.54, 1.807) is 0 Å². The van der Waals surface area contributed by atoms with Gasteiger partial charge in [0.15, 0.2) is 0 Å². The molecule has 1 heterocycles. The molecule has 2 unspecified atom stereocenters. The molecule has 0 aromatic carbocycles. The highest BCUT2D eigenvalue weighted by atomic mass is 15.3. The number of hydrazine groups is 1. The van der Waals surface area contributed by atoms with Crippen LogP contribution in [0, 0.1) is 5.92 Å². The predicted octanol–water partition coefficient (Wildman–Crippen LogP) is 1.92. The largest absolute Gasteiger partial charge is 0.275 e. The van der Waals surface area contributed by atoms with E-state index in [2.05, 4.69) is 37.5 Å². The van der Waals surface area contributed by atoms with Crippen LogP contribution in [0.25, 0.3) is 0 Å². The van der Waals surface area contributed by atoms with Gasteiger partial charge in [-0.1, -0.05) is 27.2 Å². The summed E-state index contributed by atoms with van der Waals surface area (Å²) in [6.07, 6.45) is 5.39. The molecule has 16 heavy (non-hydrogen) atoms. The van der Waals surface area contributed by atoms with E-state index in [9.17, 15) is 0 Å². The Labute approximate surface area is 98.2 Å². The van der Waals surface area contributed by atoms with Crippen molar-refractivity contribution in [3.8, 4) is 0 Å². The van der Waals surface area contributed by atoms with Gasteiger partial charge in [0.25, 0.3) is 0 Å². The van der Waals surface area contributed by atoms with Crippen LogP contribution in [0.1, 0.15) is 50.9 Å². The van der Waals surface area contributed by atoms with Gasteiger partial charge in [-0.25, -0.2) is 0 Å². The van der Waals surface area contributed by atoms with Crippen LogP contribution in [0.5, 0.6) is 0 Å². The van der Waals surface area contributed by atoms with Crippen molar-refractivity contribution in [2.45, 2.75) is 46.1 Å². The summed E-state index contributed by atoms with van der Waals surface area (Å²) in [4.78, 5) is 0. The van der Waals surface area contributed by atoms with Gasteiger partial charge >= 0.3 is 0 Å². The van der Waals surface area contributed by atoms with Crippen molar-refractivity contribution in [1.29, 1.82) is 0 Å². The summed E-state index contributed by atoms with van der Waals surface area (Å²) in [5, 5.41) is 4.46. The second-order valence-electron chi connectivity index (χ2n) is 4.47. The molecular weight excluding hydrogens is 200 g/mol. The van der Waals surface area contributed by atoms with Gasteiger partial charge in [0.05, 0.1) is 11.7 Å². The molecule has 0 saturated carbocycles. The lowest BCUT2D eigenvalue weighted by Gasteiger charge is -2.22. The smallest absolute Gasteiger partial charge is 0.0670 e. The summed E-state index contributed by atoms with van der Waals surface area (Å²) in [6, 6.07) is 0.212. The standard InChI is InChI=1S/C12H24N4/c1-5-7-9(3)12(14-13)10-8-16(4)15-11(10)6-2/h8-9,12,14H,5-7,13H2,1-4H3. The van der Waals surface area contributed by atoms with Crippen LogP contribution >= 0.6 is 0 Å². The van der Waals surface area contributed by atoms with Gasteiger partial charge in [-0.3, -0.25) is 16.0 Å². The number of aromatic nitrogens is 2. The first-order chi connectivity index (χ1) is 7.63. The normalized spacial score (nSPS) is 15.1. The maximum absolute atomic E-state index is 5.68. The van der Waals surface area contributed by atoms with Crippen LogP contribution in [0.2, 0.25) is 0 Å². The molecule has 0 aliphatic rings. The van der Waals surface area contributed by atoms with Gasteiger partial charge in [0, 0.05) is 18.8 Å². The maximum atomic E-state index is 5.68. The molecule has 0 fully saturated rings. The molecule has 0 spiro atoms. The third-order valence-corrected chi connectivity index (χ3v) is 3.10. The first-order valence-electron chi connectivity index (χ1n) is 6.12. The lowest BCUT2D eigenvalue weighted by molar-refractivity contribution is 0.366. The average Bonchev–Trinajstić information content (AvgIpc) is 2.61. The minimum Gasteiger partial charge on any atom is -0.275 e. The zero-order valence-electron chi connectivity index (χ0n) is 10.8. The van der Waals surface area contributed by atoms with Gasteiger partial charge in [-0.15, -0.1) is 0 Å². The highest BCUT2D eigenvalue weighted by Gasteiger charge is 2.21. The quantitative estimate of drug-likeness (QED) is 0.573. The monoisotopic (exact) mass is 224 g/mol. The van der Waals surface area contributed by atoms with Crippen molar-refractivity contribution < 1.29 is 0 Å². The van der Waals surface area contributed by atoms with Crippen molar-refractivity contribution in [3.63, 3.8) is 0 Å². The molecule has 3 N–H and O–H groups in total. The van der Waals surface area contributed by atoms with Gasteiger partial charge < -0.3 is 0 Å². The van der Waals surface area contributed by atoms with Gasteiger partial charge in [-0.2, -0.15) is 5.10 Å². The van der Waals surface area contributed by atoms with Crippen LogP contribution in [-0.2, 0) is 13.5 Å². The molecule has 0 radical (unpaired) electrons. The first-order valence-corrected chi connectivity index (χ1v) is 6.12. The Balaban J connectivity index is 2.93. The van der Waals surface area contributed by atoms with Crippen LogP contribution in [-0.4, -0.2) is 9.78 Å². The van der Waals surface area contributed by atoms with Crippen molar-refractivity contribution in [2.75, 3.05) is 0 Å². The third-order valence-electron chi connectivity index (χ3n) is 3.10. The fraction of sp³-hybridized carbons (Fsp3) is 0.750. The van der Waals surface area contributed by atoms with Crippen molar-refractivity contribution in [3.05, 3.63) is 17.5 Å². The Morgan fingerprint density at radius 2 is 2.19 bits per heavy atom. The molecule has 2 atom stereocenters. The Morgan fingerprint density at radius 1 is 1.50 bits per heavy atom. The summed E-state index contributed by atoms with van der Waals surface area (Å²) >= 11 is 0. The number of nitrogens with two attached hydrogens (primary N) is 1. The van der Waals surface area contributed by atoms with Crippen LogP contribution < -0.4 is 11.3 Å². The van der Waals surface area contributed by atoms with E-state index >= 15 is 0 Å². The van der Waals surface area contributed by atoms with Gasteiger partial charge in [-0.05, 0) is 18.8 Å². The summed E-state index contributed by atoms with van der Waals surface area (Å²) in [5.41, 5.74) is 5.33. The summed E-state index contributed by atoms with van der Waals surface area (Å²) in [5.74, 6) is 6.21. The lowest BCUT2D eigenvalue weighted by atomic mass is 9.91. The fourth-order valence-electron chi connectivity index (χ4n) is 2.27. The molecule has 0 saturated heterocycles. The second-order valence-corrected chi connectivity index (χ2v) is 4.47. The van der Waals surface area contributed by atoms with Crippen molar-refractivity contribution in [2.24, 2.45) is 18.8 Å². The molecule has 92 valence electrons. The molecular formula is C12H24N4. The second kappa shape index (κ2) is 6.01. The summed E-state index contributed by atoms with van der Waals surface area (Å²) in [7, 11) is 1.96. The molecule has 0 aliphatic heterocycles. The minimum absolute atomic E-state index is 0.212. The Hall–Kier alpha value is -0.870. The lowest BCUT2D eigenvalue weighted by Crippen LogP contribution is -2.33. The minimum atomic E-state index is 0.212. The van der Waals surface area contributed by atoms with Crippen molar-refractivity contribution >= 4 is 0 Å². The predicted molar refractivity (Wildman–Crippen MR) is 66.7 cm³/mol. The Bertz CT molecular complexity index is 319. The van der Waals surface area contributed by atoms with E-state index in [4.69, 9.17) is 5.84 Å². The van der Waals surface area contributed by atoms with E-state index in [0.717, 1.165) is 12.1 Å². The highest BCUT2D eigenvalue weighted by molar-refractivity contribution is 5.22. The molecule has 1 aromatic rings. The average molecular weight is 224 g/mol. The van der Waals surface area contributed by atoms with Crippen LogP contribution in [0.15, 0.2) is 6.20 Å². The fourth-order valence-corrected chi connectivity index (χ4v) is 2.27. The zero-order valence-corrected chi connectivity index (χ0v) is 10.8. The number of nitrogens with zero attached hydrogens (tertiary/aromatic N) is 2. The molecule has 0 bridgehead atoms. The van der Waals surface area contributed by atoms with Crippen molar-refractivity contribution in [1.82, 2.24) is 15.2 Å². The van der Waals surface area contributed by atoms with Gasteiger partial charge in [0.1, 0.15) is 0 Å². The molecule has 4 heteroatoms. The summed E-state index contributed by atoms with van der Waals surface area (Å²) < 4.78 is 1.87. The molecule has 1 rings (SSSR count). The molecule has 4 nitrogen and oxygen atoms in total. The van der Waals surface area contributed by atoms with E-state index in [0.29, 0.717) is 5.92 Å². The first kappa shape index (κ1) is 13.2. The number of nitrogens with one attached hydrogen (secondary N) is 1. The third kappa shape index (κ3) is 2.83. The van der Waals surface area contributed by atoms with Crippen LogP contribution in [0.3, 0.4) is 0 Å². The molecule has 1 aromatic heterocycles. The van der Waals surface area contributed by atoms with E-state index < -0.39 is 0 Å². The number of rotatable bonds is 6. The zero-order chi connectivity index (χ0) is 12.1. The SMILES string of the molecule is CCCC(C)C(NN)c1cn(C)nc1CC. The Kier molecular flexibility index (Phi) is 4.96. The summed E-state index contributed by atoms with van der Waals surface area (Å²) in [6.45, 7) is 6.57. The van der Waals surface area contributed by atoms with Crippen LogP contribution in [0.4, 0.5) is 0 Å². The number of aryl methyl sites for hydroxylation is 2. The topological polar surface area (TPSA) is 55.9 Å². The van der Waals surface area contributed by atoms with Gasteiger partial charge in [0.2, 0.25) is 0 Å². The maximum Gasteiger partial charge on any atom is 0.0670 e. The number of hydrogen-bond donors (Lipinski definition) is 2. The molecule has 0 aliphatic carbocycles. The van der Waals surface area contributed by atoms with E-state index in [1.807, 2.05) is 11.7 Å². The number of hydrogen-bond acceptors (Lipinski definition) is 3. The van der Waals surface area contributed by atoms with E-state index in [1.165, 1.54) is 18.4 Å². The van der Waals surface area contributed by atoms with E-state index in [-0.39, 0.29) is 6.04 Å². The highest BCUT2D eigenvalue weighted by Crippen LogP contribution is 2.27. The molecule has 0 amide bonds. The Morgan fingerprint density at radius 3 is 2.69 bits per heavy atom.